The van der Waals surface area contributed by atoms with Gasteiger partial charge in [-0.2, -0.15) is 0 Å². The molecular formula is C17H37IN4O4S. The Morgan fingerprint density at radius 1 is 1.19 bits per heavy atom. The van der Waals surface area contributed by atoms with Crippen molar-refractivity contribution in [2.24, 2.45) is 4.99 Å². The number of halogens is 1. The van der Waals surface area contributed by atoms with Crippen LogP contribution in [0.15, 0.2) is 4.99 Å². The summed E-state index contributed by atoms with van der Waals surface area (Å²) in [5.41, 5.74) is -0.543. The molecule has 1 unspecified atom stereocenters. The minimum Gasteiger partial charge on any atom is -0.444 e. The van der Waals surface area contributed by atoms with Crippen molar-refractivity contribution in [1.82, 2.24) is 16.0 Å². The molecule has 0 bridgehead atoms. The quantitative estimate of drug-likeness (QED) is 0.232. The number of hydrogen-bond donors (Lipinski definition) is 3. The molecule has 0 saturated heterocycles. The third kappa shape index (κ3) is 15.9. The Morgan fingerprint density at radius 2 is 1.81 bits per heavy atom. The summed E-state index contributed by atoms with van der Waals surface area (Å²) in [4.78, 5) is 16.0. The number of aliphatic imine (C=N–C) groups is 1. The molecule has 0 radical (unpaired) electrons. The van der Waals surface area contributed by atoms with Gasteiger partial charge in [-0.25, -0.2) is 13.2 Å². The van der Waals surface area contributed by atoms with Crippen molar-refractivity contribution in [3.8, 4) is 0 Å². The van der Waals surface area contributed by atoms with Crippen LogP contribution in [0.5, 0.6) is 0 Å². The Morgan fingerprint density at radius 3 is 2.30 bits per heavy atom. The van der Waals surface area contributed by atoms with Crippen LogP contribution in [0.25, 0.3) is 0 Å². The fraction of sp³-hybridized carbons (Fsp3) is 0.882. The normalized spacial score (nSPS) is 13.3. The van der Waals surface area contributed by atoms with Crippen molar-refractivity contribution in [1.29, 1.82) is 0 Å². The number of carbonyl (C=O) groups excluding carboxylic acids is 1. The largest absolute Gasteiger partial charge is 0.444 e. The van der Waals surface area contributed by atoms with Crippen LogP contribution in [0.2, 0.25) is 0 Å². The van der Waals surface area contributed by atoms with Gasteiger partial charge in [0, 0.05) is 31.9 Å². The predicted molar refractivity (Wildman–Crippen MR) is 122 cm³/mol. The fourth-order valence-electron chi connectivity index (χ4n) is 2.05. The maximum atomic E-state index is 11.8. The van der Waals surface area contributed by atoms with Gasteiger partial charge in [0.25, 0.3) is 0 Å². The molecule has 0 aliphatic rings. The number of unbranched alkanes of at least 4 members (excludes halogenated alkanes) is 1. The summed E-state index contributed by atoms with van der Waals surface area (Å²) in [6.07, 6.45) is 2.42. The van der Waals surface area contributed by atoms with Crippen LogP contribution in [-0.2, 0) is 14.6 Å². The molecule has 8 nitrogen and oxygen atoms in total. The van der Waals surface area contributed by atoms with Gasteiger partial charge in [0.05, 0.1) is 5.75 Å². The van der Waals surface area contributed by atoms with E-state index in [4.69, 9.17) is 4.74 Å². The van der Waals surface area contributed by atoms with E-state index in [1.807, 2.05) is 20.8 Å². The first-order valence-electron chi connectivity index (χ1n) is 9.17. The predicted octanol–water partition coefficient (Wildman–Crippen LogP) is 2.29. The molecule has 162 valence electrons. The molecule has 0 heterocycles. The van der Waals surface area contributed by atoms with Gasteiger partial charge in [-0.15, -0.1) is 24.0 Å². The van der Waals surface area contributed by atoms with Gasteiger partial charge in [-0.05, 0) is 27.2 Å². The molecule has 0 spiro atoms. The molecule has 0 aliphatic carbocycles. The van der Waals surface area contributed by atoms with Gasteiger partial charge in [-0.3, -0.25) is 4.99 Å². The fourth-order valence-corrected chi connectivity index (χ4v) is 2.76. The van der Waals surface area contributed by atoms with Gasteiger partial charge in [0.15, 0.2) is 15.8 Å². The molecule has 3 N–H and O–H groups in total. The average molecular weight is 520 g/mol. The van der Waals surface area contributed by atoms with Crippen LogP contribution in [0, 0.1) is 0 Å². The maximum absolute atomic E-state index is 11.8. The van der Waals surface area contributed by atoms with E-state index in [-0.39, 0.29) is 48.1 Å². The molecule has 0 aromatic rings. The summed E-state index contributed by atoms with van der Waals surface area (Å²) in [5, 5.41) is 9.01. The molecule has 0 rings (SSSR count). The van der Waals surface area contributed by atoms with Crippen molar-refractivity contribution in [2.45, 2.75) is 65.5 Å². The van der Waals surface area contributed by atoms with E-state index in [1.54, 1.807) is 14.0 Å². The first kappa shape index (κ1) is 28.4. The number of nitrogens with one attached hydrogen (secondary N) is 3. The number of guanidine groups is 1. The Hall–Kier alpha value is -0.780. The summed E-state index contributed by atoms with van der Waals surface area (Å²) in [7, 11) is -1.40. The minimum atomic E-state index is -3.02. The monoisotopic (exact) mass is 520 g/mol. The third-order valence-corrected chi connectivity index (χ3v) is 5.21. The number of amides is 1. The van der Waals surface area contributed by atoms with E-state index in [2.05, 4.69) is 27.9 Å². The summed E-state index contributed by atoms with van der Waals surface area (Å²) in [6, 6.07) is -0.0311. The summed E-state index contributed by atoms with van der Waals surface area (Å²) < 4.78 is 28.4. The Balaban J connectivity index is 0. The highest BCUT2D eigenvalue weighted by molar-refractivity contribution is 14.0. The lowest BCUT2D eigenvalue weighted by Crippen LogP contribution is -2.49. The van der Waals surface area contributed by atoms with Crippen LogP contribution in [0.4, 0.5) is 4.79 Å². The van der Waals surface area contributed by atoms with Crippen LogP contribution < -0.4 is 16.0 Å². The molecule has 0 fully saturated rings. The summed E-state index contributed by atoms with van der Waals surface area (Å²) in [6.45, 7) is 9.85. The second kappa shape index (κ2) is 14.3. The van der Waals surface area contributed by atoms with Gasteiger partial charge < -0.3 is 20.7 Å². The highest BCUT2D eigenvalue weighted by atomic mass is 127. The number of nitrogens with zero attached hydrogens (tertiary/aromatic N) is 1. The molecule has 0 aliphatic heterocycles. The number of alkyl carbamates (subject to hydrolysis) is 1. The Labute approximate surface area is 181 Å². The van der Waals surface area contributed by atoms with E-state index in [9.17, 15) is 13.2 Å². The third-order valence-electron chi connectivity index (χ3n) is 3.51. The van der Waals surface area contributed by atoms with E-state index in [1.165, 1.54) is 0 Å². The Bertz CT molecular complexity index is 548. The van der Waals surface area contributed by atoms with Crippen LogP contribution in [0.1, 0.15) is 53.9 Å². The second-order valence-electron chi connectivity index (χ2n) is 7.10. The zero-order valence-electron chi connectivity index (χ0n) is 17.4. The van der Waals surface area contributed by atoms with Crippen molar-refractivity contribution in [2.75, 3.05) is 31.6 Å². The summed E-state index contributed by atoms with van der Waals surface area (Å²) >= 11 is 0. The van der Waals surface area contributed by atoms with Crippen molar-refractivity contribution < 1.29 is 17.9 Å². The molecule has 1 amide bonds. The van der Waals surface area contributed by atoms with Gasteiger partial charge in [-0.1, -0.05) is 26.7 Å². The maximum Gasteiger partial charge on any atom is 0.407 e. The number of carbonyl (C=O) groups is 1. The second-order valence-corrected chi connectivity index (χ2v) is 9.57. The molecule has 0 aromatic carbocycles. The smallest absolute Gasteiger partial charge is 0.407 e. The minimum absolute atomic E-state index is 0. The molecular weight excluding hydrogens is 483 g/mol. The highest BCUT2D eigenvalue weighted by Crippen LogP contribution is 2.07. The van der Waals surface area contributed by atoms with E-state index in [0.717, 1.165) is 19.3 Å². The molecule has 1 atom stereocenters. The van der Waals surface area contributed by atoms with E-state index >= 15 is 0 Å². The molecule has 27 heavy (non-hydrogen) atoms. The van der Waals surface area contributed by atoms with Crippen molar-refractivity contribution in [3.63, 3.8) is 0 Å². The number of ether oxygens (including phenoxy) is 1. The van der Waals surface area contributed by atoms with Gasteiger partial charge in [0.2, 0.25) is 0 Å². The molecule has 0 saturated carbocycles. The molecule has 0 aromatic heterocycles. The van der Waals surface area contributed by atoms with E-state index < -0.39 is 21.5 Å². The standard InChI is InChI=1S/C17H36N4O4S.HI/c1-7-9-10-14(13-20-16(22)25-17(3,4)5)21-15(18-6)19-11-12-26(23,24)8-2;/h14H,7-13H2,1-6H3,(H,20,22)(H2,18,19,21);1H. The lowest BCUT2D eigenvalue weighted by Gasteiger charge is -2.24. The van der Waals surface area contributed by atoms with E-state index in [0.29, 0.717) is 12.5 Å². The first-order chi connectivity index (χ1) is 12.0. The lowest BCUT2D eigenvalue weighted by atomic mass is 10.1. The Kier molecular flexibility index (Phi) is 15.0. The number of hydrogen-bond acceptors (Lipinski definition) is 5. The van der Waals surface area contributed by atoms with Crippen molar-refractivity contribution in [3.05, 3.63) is 0 Å². The zero-order chi connectivity index (χ0) is 20.2. The van der Waals surface area contributed by atoms with Crippen LogP contribution in [0.3, 0.4) is 0 Å². The topological polar surface area (TPSA) is 109 Å². The SMILES string of the molecule is CCCCC(CNC(=O)OC(C)(C)C)NC(=NC)NCCS(=O)(=O)CC.I. The number of sulfone groups is 1. The zero-order valence-corrected chi connectivity index (χ0v) is 20.6. The lowest BCUT2D eigenvalue weighted by molar-refractivity contribution is 0.0522. The number of rotatable bonds is 10. The summed E-state index contributed by atoms with van der Waals surface area (Å²) in [5.74, 6) is 0.697. The van der Waals surface area contributed by atoms with Crippen LogP contribution >= 0.6 is 24.0 Å². The molecule has 10 heteroatoms. The highest BCUT2D eigenvalue weighted by Gasteiger charge is 2.18. The average Bonchev–Trinajstić information content (AvgIpc) is 2.54. The van der Waals surface area contributed by atoms with Crippen molar-refractivity contribution >= 4 is 45.9 Å². The van der Waals surface area contributed by atoms with Crippen LogP contribution in [-0.4, -0.2) is 63.8 Å². The van der Waals surface area contributed by atoms with Gasteiger partial charge in [0.1, 0.15) is 5.60 Å². The van der Waals surface area contributed by atoms with Gasteiger partial charge >= 0.3 is 6.09 Å². The first-order valence-corrected chi connectivity index (χ1v) is 11.0.